The molecule has 0 spiro atoms. The van der Waals surface area contributed by atoms with Crippen LogP contribution >= 0.6 is 0 Å². The van der Waals surface area contributed by atoms with Crippen molar-refractivity contribution in [2.75, 3.05) is 9.80 Å². The van der Waals surface area contributed by atoms with Gasteiger partial charge in [0.15, 0.2) is 0 Å². The molecule has 14 rings (SSSR count). The first-order valence-corrected chi connectivity index (χ1v) is 27.6. The van der Waals surface area contributed by atoms with Gasteiger partial charge in [0.2, 0.25) is 0 Å². The van der Waals surface area contributed by atoms with E-state index < -0.39 is 0 Å². The van der Waals surface area contributed by atoms with E-state index in [1.54, 1.807) is 0 Å². The fourth-order valence-corrected chi connectivity index (χ4v) is 12.1. The molecular formula is C78H56N2. The lowest BCUT2D eigenvalue weighted by Gasteiger charge is -2.30. The summed E-state index contributed by atoms with van der Waals surface area (Å²) in [6.45, 7) is 4.51. The molecule has 0 unspecified atom stereocenters. The maximum atomic E-state index is 2.45. The van der Waals surface area contributed by atoms with Crippen molar-refractivity contribution in [2.24, 2.45) is 0 Å². The molecule has 0 saturated carbocycles. The van der Waals surface area contributed by atoms with Crippen molar-refractivity contribution in [3.63, 3.8) is 0 Å². The lowest BCUT2D eigenvalue weighted by Crippen LogP contribution is -2.13. The molecule has 0 radical (unpaired) electrons. The number of hydrogen-bond donors (Lipinski definition) is 0. The molecule has 378 valence electrons. The van der Waals surface area contributed by atoms with Crippen LogP contribution in [0.3, 0.4) is 0 Å². The summed E-state index contributed by atoms with van der Waals surface area (Å²) in [6.07, 6.45) is 0. The van der Waals surface area contributed by atoms with E-state index in [0.717, 1.165) is 45.3 Å². The lowest BCUT2D eigenvalue weighted by molar-refractivity contribution is 1.24. The number of aryl methyl sites for hydroxylation is 2. The highest BCUT2D eigenvalue weighted by Gasteiger charge is 2.23. The van der Waals surface area contributed by atoms with Gasteiger partial charge in [0.05, 0.1) is 11.4 Å². The number of anilines is 6. The van der Waals surface area contributed by atoms with Gasteiger partial charge in [0.1, 0.15) is 0 Å². The van der Waals surface area contributed by atoms with E-state index in [0.29, 0.717) is 0 Å². The van der Waals surface area contributed by atoms with Crippen molar-refractivity contribution in [1.29, 1.82) is 0 Å². The van der Waals surface area contributed by atoms with E-state index in [9.17, 15) is 0 Å². The number of benzene rings is 14. The van der Waals surface area contributed by atoms with Crippen molar-refractivity contribution in [3.05, 3.63) is 314 Å². The van der Waals surface area contributed by atoms with E-state index in [4.69, 9.17) is 0 Å². The molecule has 0 amide bonds. The van der Waals surface area contributed by atoms with Crippen molar-refractivity contribution in [3.8, 4) is 55.6 Å². The van der Waals surface area contributed by atoms with Crippen LogP contribution in [0.25, 0.3) is 98.7 Å². The van der Waals surface area contributed by atoms with Crippen LogP contribution in [0.2, 0.25) is 0 Å². The Balaban J connectivity index is 0.864. The molecule has 80 heavy (non-hydrogen) atoms. The van der Waals surface area contributed by atoms with Crippen LogP contribution in [0.4, 0.5) is 34.1 Å². The van der Waals surface area contributed by atoms with Gasteiger partial charge in [-0.3, -0.25) is 0 Å². The quantitative estimate of drug-likeness (QED) is 0.127. The molecular weight excluding hydrogens is 965 g/mol. The third-order valence-electron chi connectivity index (χ3n) is 16.1. The van der Waals surface area contributed by atoms with Gasteiger partial charge in [0, 0.05) is 33.9 Å². The van der Waals surface area contributed by atoms with Gasteiger partial charge in [-0.05, 0) is 185 Å². The van der Waals surface area contributed by atoms with Gasteiger partial charge in [-0.2, -0.15) is 0 Å². The second-order valence-electron chi connectivity index (χ2n) is 21.0. The molecule has 0 N–H and O–H groups in total. The van der Waals surface area contributed by atoms with Crippen molar-refractivity contribution in [1.82, 2.24) is 0 Å². The Kier molecular flexibility index (Phi) is 12.4. The molecule has 0 aromatic heterocycles. The second-order valence-corrected chi connectivity index (χ2v) is 21.0. The standard InChI is InChI=1S/C78H56N2/c1-53-49-63(41-47-75(53)79(67-43-37-59(38-44-67)71-29-15-23-57-19-7-9-25-69(57)71)77-31-13-11-27-73(77)65-35-33-55-17-3-5-21-61(55)51-65)64-42-48-76(54(2)50-64)80(68-45-39-60(40-46-68)72-30-16-24-58-20-8-10-26-70(58)72)78-32-14-12-28-74(78)66-36-34-56-18-4-6-22-62(56)52-66/h3-52H,1-2H3. The lowest BCUT2D eigenvalue weighted by atomic mass is 9.95. The predicted octanol–water partition coefficient (Wildman–Crippen LogP) is 22.2. The van der Waals surface area contributed by atoms with Gasteiger partial charge in [-0.1, -0.05) is 231 Å². The van der Waals surface area contributed by atoms with Crippen molar-refractivity contribution < 1.29 is 0 Å². The summed E-state index contributed by atoms with van der Waals surface area (Å²) in [6, 6.07) is 111. The summed E-state index contributed by atoms with van der Waals surface area (Å²) in [5.41, 5.74) is 20.9. The molecule has 2 nitrogen and oxygen atoms in total. The van der Waals surface area contributed by atoms with Gasteiger partial charge in [0.25, 0.3) is 0 Å². The third kappa shape index (κ3) is 8.93. The minimum Gasteiger partial charge on any atom is -0.310 e. The van der Waals surface area contributed by atoms with E-state index >= 15 is 0 Å². The Hall–Kier alpha value is -10.3. The molecule has 0 aliphatic rings. The Morgan fingerprint density at radius 2 is 0.525 bits per heavy atom. The maximum absolute atomic E-state index is 2.45. The van der Waals surface area contributed by atoms with Gasteiger partial charge >= 0.3 is 0 Å². The van der Waals surface area contributed by atoms with Crippen LogP contribution in [0.1, 0.15) is 11.1 Å². The largest absolute Gasteiger partial charge is 0.310 e. The molecule has 0 heterocycles. The average Bonchev–Trinajstić information content (AvgIpc) is 3.63. The first-order valence-electron chi connectivity index (χ1n) is 27.6. The molecule has 0 saturated heterocycles. The summed E-state index contributed by atoms with van der Waals surface area (Å²) in [5, 5.41) is 9.88. The molecule has 0 aliphatic heterocycles. The summed E-state index contributed by atoms with van der Waals surface area (Å²) < 4.78 is 0. The van der Waals surface area contributed by atoms with Crippen LogP contribution in [-0.2, 0) is 0 Å². The fourth-order valence-electron chi connectivity index (χ4n) is 12.1. The summed E-state index contributed by atoms with van der Waals surface area (Å²) >= 11 is 0. The molecule has 14 aromatic carbocycles. The zero-order valence-electron chi connectivity index (χ0n) is 44.8. The van der Waals surface area contributed by atoms with Crippen LogP contribution < -0.4 is 9.80 Å². The van der Waals surface area contributed by atoms with E-state index in [-0.39, 0.29) is 0 Å². The zero-order valence-corrected chi connectivity index (χ0v) is 44.8. The first-order chi connectivity index (χ1) is 39.5. The first kappa shape index (κ1) is 48.1. The Labute approximate surface area is 468 Å². The van der Waals surface area contributed by atoms with Crippen molar-refractivity contribution >= 4 is 77.2 Å². The van der Waals surface area contributed by atoms with Crippen LogP contribution in [0.15, 0.2) is 303 Å². The number of nitrogens with zero attached hydrogens (tertiary/aromatic N) is 2. The monoisotopic (exact) mass is 1020 g/mol. The number of hydrogen-bond acceptors (Lipinski definition) is 2. The number of para-hydroxylation sites is 2. The highest BCUT2D eigenvalue weighted by Crippen LogP contribution is 2.47. The molecule has 0 bridgehead atoms. The topological polar surface area (TPSA) is 6.48 Å². The van der Waals surface area contributed by atoms with Gasteiger partial charge < -0.3 is 9.80 Å². The van der Waals surface area contributed by atoms with Crippen LogP contribution in [0, 0.1) is 13.8 Å². The fraction of sp³-hybridized carbons (Fsp3) is 0.0256. The molecule has 0 fully saturated rings. The molecule has 2 heteroatoms. The van der Waals surface area contributed by atoms with E-state index in [2.05, 4.69) is 327 Å². The smallest absolute Gasteiger partial charge is 0.0540 e. The number of rotatable bonds is 11. The van der Waals surface area contributed by atoms with Gasteiger partial charge in [-0.25, -0.2) is 0 Å². The Bertz CT molecular complexity index is 4320. The highest BCUT2D eigenvalue weighted by molar-refractivity contribution is 6.00. The SMILES string of the molecule is Cc1cc(-c2ccc(N(c3ccc(-c4cccc5ccccc45)cc3)c3ccccc3-c3ccc4ccccc4c3)c(C)c2)ccc1N(c1ccc(-c2cccc3ccccc23)cc1)c1ccccc1-c1ccc2ccccc2c1. The van der Waals surface area contributed by atoms with Crippen LogP contribution in [0.5, 0.6) is 0 Å². The molecule has 14 aromatic rings. The van der Waals surface area contributed by atoms with E-state index in [1.807, 2.05) is 0 Å². The highest BCUT2D eigenvalue weighted by atomic mass is 15.2. The summed E-state index contributed by atoms with van der Waals surface area (Å²) in [7, 11) is 0. The molecule has 0 aliphatic carbocycles. The third-order valence-corrected chi connectivity index (χ3v) is 16.1. The summed E-state index contributed by atoms with van der Waals surface area (Å²) in [4.78, 5) is 4.89. The van der Waals surface area contributed by atoms with E-state index in [1.165, 1.54) is 98.7 Å². The zero-order chi connectivity index (χ0) is 53.5. The van der Waals surface area contributed by atoms with Crippen LogP contribution in [-0.4, -0.2) is 0 Å². The molecule has 0 atom stereocenters. The Morgan fingerprint density at radius 1 is 0.200 bits per heavy atom. The number of fused-ring (bicyclic) bond motifs is 4. The maximum Gasteiger partial charge on any atom is 0.0540 e. The predicted molar refractivity (Wildman–Crippen MR) is 342 cm³/mol. The Morgan fingerprint density at radius 3 is 0.950 bits per heavy atom. The average molecular weight is 1020 g/mol. The second kappa shape index (κ2) is 20.6. The minimum atomic E-state index is 1.09. The summed E-state index contributed by atoms with van der Waals surface area (Å²) in [5.74, 6) is 0. The normalized spacial score (nSPS) is 11.4. The van der Waals surface area contributed by atoms with Crippen molar-refractivity contribution in [2.45, 2.75) is 13.8 Å². The minimum absolute atomic E-state index is 1.09. The van der Waals surface area contributed by atoms with Gasteiger partial charge in [-0.15, -0.1) is 0 Å².